The summed E-state index contributed by atoms with van der Waals surface area (Å²) in [6.45, 7) is 0. The van der Waals surface area contributed by atoms with Crippen molar-refractivity contribution >= 4 is 46.7 Å². The first-order valence-corrected chi connectivity index (χ1v) is 10.2. The number of rotatable bonds is 7. The molecule has 13 heteroatoms. The number of methoxy groups -OCH3 is 2. The number of benzene rings is 2. The van der Waals surface area contributed by atoms with Crippen molar-refractivity contribution in [2.45, 2.75) is 0 Å². The third kappa shape index (κ3) is 6.04. The number of ether oxygens (including phenoxy) is 3. The summed E-state index contributed by atoms with van der Waals surface area (Å²) in [7, 11) is 2.36. The van der Waals surface area contributed by atoms with Crippen LogP contribution in [0.5, 0.6) is 11.5 Å². The predicted molar refractivity (Wildman–Crippen MR) is 122 cm³/mol. The number of carbonyl (C=O) groups excluding carboxylic acids is 3. The molecule has 1 fully saturated rings. The summed E-state index contributed by atoms with van der Waals surface area (Å²) in [6.07, 6.45) is 2.44. The molecule has 1 saturated heterocycles. The Morgan fingerprint density at radius 1 is 1.15 bits per heavy atom. The highest BCUT2D eigenvalue weighted by Crippen LogP contribution is 2.30. The van der Waals surface area contributed by atoms with Gasteiger partial charge in [0.05, 0.1) is 30.3 Å². The van der Waals surface area contributed by atoms with Crippen LogP contribution in [0.2, 0.25) is 0 Å². The first kappa shape index (κ1) is 24.1. The van der Waals surface area contributed by atoms with Crippen molar-refractivity contribution in [3.8, 4) is 11.5 Å². The highest BCUT2D eigenvalue weighted by atomic mass is 32.2. The van der Waals surface area contributed by atoms with Crippen LogP contribution in [0.3, 0.4) is 0 Å². The van der Waals surface area contributed by atoms with Gasteiger partial charge in [-0.2, -0.15) is 5.10 Å². The maximum atomic E-state index is 12.0. The lowest BCUT2D eigenvalue weighted by atomic mass is 10.1. The maximum absolute atomic E-state index is 12.0. The van der Waals surface area contributed by atoms with Crippen LogP contribution in [0.4, 0.5) is 5.69 Å². The van der Waals surface area contributed by atoms with E-state index < -0.39 is 22.8 Å². The first-order chi connectivity index (χ1) is 16.3. The lowest BCUT2D eigenvalue weighted by Crippen LogP contribution is -2.19. The molecule has 0 aromatic heterocycles. The Morgan fingerprint density at radius 2 is 1.94 bits per heavy atom. The van der Waals surface area contributed by atoms with Crippen LogP contribution < -0.4 is 10.1 Å². The number of amidine groups is 1. The Bertz CT molecular complexity index is 1260. The van der Waals surface area contributed by atoms with Crippen molar-refractivity contribution in [2.24, 2.45) is 10.2 Å². The van der Waals surface area contributed by atoms with E-state index in [-0.39, 0.29) is 27.1 Å². The summed E-state index contributed by atoms with van der Waals surface area (Å²) in [5.41, 5.74) is 0.184. The summed E-state index contributed by atoms with van der Waals surface area (Å²) in [6, 6.07) is 10.2. The largest absolute Gasteiger partial charge is 0.466 e. The van der Waals surface area contributed by atoms with Gasteiger partial charge in [0.1, 0.15) is 17.1 Å². The molecule has 3 rings (SSSR count). The molecule has 0 bridgehead atoms. The van der Waals surface area contributed by atoms with Crippen LogP contribution in [0.15, 0.2) is 63.6 Å². The van der Waals surface area contributed by atoms with Crippen LogP contribution in [-0.2, 0) is 19.1 Å². The number of thioether (sulfide) groups is 1. The molecule has 0 spiro atoms. The highest BCUT2D eigenvalue weighted by Gasteiger charge is 2.25. The number of non-ortho nitro benzene ring substituents is 1. The molecule has 2 aromatic carbocycles. The Balaban J connectivity index is 1.76. The first-order valence-electron chi connectivity index (χ1n) is 9.35. The molecular formula is C21H16N4O8S. The lowest BCUT2D eigenvalue weighted by Gasteiger charge is -2.10. The number of hydrogen-bond acceptors (Lipinski definition) is 11. The standard InChI is InChI=1S/C21H16N4O8S/c1-31-18(26)10-17-19(27)23-21(34-17)24-22-11-12-4-3-5-14(8-12)33-16-7-6-13(25(29)30)9-15(16)20(28)32-2/h3-11H,1-2H3,(H,23,24,27)/b17-10+,22-11?. The van der Waals surface area contributed by atoms with Gasteiger partial charge in [-0.3, -0.25) is 20.2 Å². The van der Waals surface area contributed by atoms with Gasteiger partial charge < -0.3 is 14.2 Å². The second-order valence-electron chi connectivity index (χ2n) is 6.34. The average Bonchev–Trinajstić information content (AvgIpc) is 3.17. The van der Waals surface area contributed by atoms with E-state index in [0.29, 0.717) is 11.3 Å². The molecule has 1 heterocycles. The van der Waals surface area contributed by atoms with E-state index in [9.17, 15) is 24.5 Å². The van der Waals surface area contributed by atoms with E-state index in [2.05, 4.69) is 25.0 Å². The Morgan fingerprint density at radius 3 is 2.65 bits per heavy atom. The number of esters is 2. The third-order valence-corrected chi connectivity index (χ3v) is 5.02. The summed E-state index contributed by atoms with van der Waals surface area (Å²) >= 11 is 0.932. The molecule has 34 heavy (non-hydrogen) atoms. The number of nitro groups is 1. The number of hydrogen-bond donors (Lipinski definition) is 1. The minimum absolute atomic E-state index is 0.0711. The zero-order valence-corrected chi connectivity index (χ0v) is 18.5. The van der Waals surface area contributed by atoms with Gasteiger partial charge in [0.15, 0.2) is 5.17 Å². The minimum Gasteiger partial charge on any atom is -0.466 e. The number of nitrogens with zero attached hydrogens (tertiary/aromatic N) is 3. The van der Waals surface area contributed by atoms with Crippen LogP contribution in [0.1, 0.15) is 15.9 Å². The second kappa shape index (κ2) is 10.9. The normalized spacial score (nSPS) is 15.4. The lowest BCUT2D eigenvalue weighted by molar-refractivity contribution is -0.384. The second-order valence-corrected chi connectivity index (χ2v) is 7.37. The van der Waals surface area contributed by atoms with E-state index in [1.165, 1.54) is 25.5 Å². The van der Waals surface area contributed by atoms with E-state index >= 15 is 0 Å². The van der Waals surface area contributed by atoms with Crippen molar-refractivity contribution in [3.63, 3.8) is 0 Å². The van der Waals surface area contributed by atoms with Gasteiger partial charge in [-0.25, -0.2) is 9.59 Å². The van der Waals surface area contributed by atoms with Crippen molar-refractivity contribution in [3.05, 3.63) is 74.7 Å². The monoisotopic (exact) mass is 484 g/mol. The van der Waals surface area contributed by atoms with Crippen LogP contribution >= 0.6 is 11.8 Å². The summed E-state index contributed by atoms with van der Waals surface area (Å²) in [4.78, 5) is 45.6. The van der Waals surface area contributed by atoms with Crippen molar-refractivity contribution < 1.29 is 33.5 Å². The number of nitrogens with one attached hydrogen (secondary N) is 1. The zero-order chi connectivity index (χ0) is 24.7. The van der Waals surface area contributed by atoms with E-state index in [0.717, 1.165) is 31.0 Å². The van der Waals surface area contributed by atoms with Gasteiger partial charge in [0, 0.05) is 18.2 Å². The summed E-state index contributed by atoms with van der Waals surface area (Å²) in [5.74, 6) is -1.56. The Kier molecular flexibility index (Phi) is 7.71. The molecule has 1 N–H and O–H groups in total. The minimum atomic E-state index is -0.788. The van der Waals surface area contributed by atoms with Gasteiger partial charge in [-0.15, -0.1) is 5.10 Å². The molecule has 174 valence electrons. The fourth-order valence-corrected chi connectivity index (χ4v) is 3.30. The quantitative estimate of drug-likeness (QED) is 0.205. The summed E-state index contributed by atoms with van der Waals surface area (Å²) in [5, 5.41) is 21.5. The van der Waals surface area contributed by atoms with Gasteiger partial charge in [-0.1, -0.05) is 12.1 Å². The molecule has 1 amide bonds. The van der Waals surface area contributed by atoms with Crippen LogP contribution in [-0.4, -0.2) is 48.4 Å². The predicted octanol–water partition coefficient (Wildman–Crippen LogP) is 2.78. The van der Waals surface area contributed by atoms with Crippen molar-refractivity contribution in [2.75, 3.05) is 14.2 Å². The number of amides is 1. The summed E-state index contributed by atoms with van der Waals surface area (Å²) < 4.78 is 14.9. The van der Waals surface area contributed by atoms with E-state index in [4.69, 9.17) is 4.74 Å². The molecular weight excluding hydrogens is 468 g/mol. The van der Waals surface area contributed by atoms with Gasteiger partial charge >= 0.3 is 11.9 Å². The van der Waals surface area contributed by atoms with Gasteiger partial charge in [-0.05, 0) is 35.5 Å². The van der Waals surface area contributed by atoms with Crippen molar-refractivity contribution in [1.29, 1.82) is 0 Å². The molecule has 0 atom stereocenters. The molecule has 0 aliphatic carbocycles. The van der Waals surface area contributed by atoms with E-state index in [1.54, 1.807) is 24.3 Å². The molecule has 1 aliphatic heterocycles. The third-order valence-electron chi connectivity index (χ3n) is 4.12. The van der Waals surface area contributed by atoms with Crippen LogP contribution in [0, 0.1) is 10.1 Å². The molecule has 2 aromatic rings. The number of carbonyl (C=O) groups is 3. The van der Waals surface area contributed by atoms with Gasteiger partial charge in [0.2, 0.25) is 0 Å². The topological polar surface area (TPSA) is 159 Å². The number of nitro benzene ring substituents is 1. The molecule has 0 unspecified atom stereocenters. The van der Waals surface area contributed by atoms with E-state index in [1.807, 2.05) is 0 Å². The average molecular weight is 484 g/mol. The highest BCUT2D eigenvalue weighted by molar-refractivity contribution is 8.18. The maximum Gasteiger partial charge on any atom is 0.341 e. The SMILES string of the molecule is COC(=O)/C=C1/S/C(=N\N=Cc2cccc(Oc3ccc([N+](=O)[O-])cc3C(=O)OC)c2)NC1=O. The van der Waals surface area contributed by atoms with Crippen molar-refractivity contribution in [1.82, 2.24) is 5.32 Å². The zero-order valence-electron chi connectivity index (χ0n) is 17.7. The molecule has 0 radical (unpaired) electrons. The molecule has 12 nitrogen and oxygen atoms in total. The Labute approximate surface area is 196 Å². The van der Waals surface area contributed by atoms with Gasteiger partial charge in [0.25, 0.3) is 11.6 Å². The fourth-order valence-electron chi connectivity index (χ4n) is 2.56. The molecule has 0 saturated carbocycles. The Hall–Kier alpha value is -4.52. The smallest absolute Gasteiger partial charge is 0.341 e. The molecule has 1 aliphatic rings. The fraction of sp³-hybridized carbons (Fsp3) is 0.0952. The van der Waals surface area contributed by atoms with Crippen LogP contribution in [0.25, 0.3) is 0 Å².